The molecular formula is C34H36BN3O2. The number of carbonyl (C=O) groups excluding carboxylic acids is 1. The van der Waals surface area contributed by atoms with Crippen LogP contribution >= 0.6 is 0 Å². The van der Waals surface area contributed by atoms with Gasteiger partial charge in [-0.05, 0) is 0 Å². The van der Waals surface area contributed by atoms with Crippen LogP contribution in [0.25, 0.3) is 0 Å². The molecule has 1 amide bonds. The monoisotopic (exact) mass is 529 g/mol. The molecule has 40 heavy (non-hydrogen) atoms. The molecular weight excluding hydrogens is 493 g/mol. The lowest BCUT2D eigenvalue weighted by Crippen LogP contribution is -2.74. The highest BCUT2D eigenvalue weighted by molar-refractivity contribution is 7.19. The maximum Gasteiger partial charge on any atom is 0.477 e. The second-order valence-corrected chi connectivity index (χ2v) is 10.1. The van der Waals surface area contributed by atoms with Crippen LogP contribution in [-0.4, -0.2) is 45.3 Å². The number of rotatable bonds is 6. The van der Waals surface area contributed by atoms with Crippen molar-refractivity contribution in [2.24, 2.45) is 0 Å². The predicted molar refractivity (Wildman–Crippen MR) is 167 cm³/mol. The third kappa shape index (κ3) is 6.41. The number of carbonyl (C=O) groups is 1. The molecule has 1 aromatic heterocycles. The Morgan fingerprint density at radius 3 is 1.15 bits per heavy atom. The lowest BCUT2D eigenvalue weighted by molar-refractivity contribution is -0.869. The van der Waals surface area contributed by atoms with Crippen LogP contribution in [0.1, 0.15) is 0 Å². The minimum absolute atomic E-state index is 0.405. The number of hydrogen-bond acceptors (Lipinski definition) is 3. The van der Waals surface area contributed by atoms with Gasteiger partial charge in [0, 0.05) is 50.7 Å². The number of benzene rings is 4. The lowest BCUT2D eigenvalue weighted by Gasteiger charge is -2.44. The standard InChI is InChI=1S/C24H20B.C10H16N3O2/c1-5-13-21(14-6-1)25(22-15-7-2-8-16-22,23-17-9-3-10-18-23)24-19-11-4-12-20-24;1-11(2)9-5-7-13(8-6-9)15-10(14)12(3)4/h1-20H;5-8H,1-4H3/q-1;+1. The van der Waals surface area contributed by atoms with E-state index in [4.69, 9.17) is 4.84 Å². The molecule has 0 saturated carbocycles. The van der Waals surface area contributed by atoms with E-state index in [1.807, 2.05) is 31.1 Å². The second kappa shape index (κ2) is 13.3. The van der Waals surface area contributed by atoms with Crippen LogP contribution in [0.15, 0.2) is 146 Å². The van der Waals surface area contributed by atoms with Gasteiger partial charge in [0.05, 0.1) is 0 Å². The number of anilines is 1. The van der Waals surface area contributed by atoms with E-state index in [-0.39, 0.29) is 0 Å². The van der Waals surface area contributed by atoms with Gasteiger partial charge in [0.2, 0.25) is 12.4 Å². The zero-order valence-corrected chi connectivity index (χ0v) is 23.6. The van der Waals surface area contributed by atoms with Crippen LogP contribution in [0.3, 0.4) is 0 Å². The highest BCUT2D eigenvalue weighted by Gasteiger charge is 2.31. The Bertz CT molecular complexity index is 1300. The summed E-state index contributed by atoms with van der Waals surface area (Å²) in [6, 6.07) is 47.3. The first kappa shape index (κ1) is 28.2. The van der Waals surface area contributed by atoms with Gasteiger partial charge in [-0.15, -0.1) is 0 Å². The van der Waals surface area contributed by atoms with Crippen molar-refractivity contribution in [3.8, 4) is 0 Å². The minimum Gasteiger partial charge on any atom is -0.377 e. The van der Waals surface area contributed by atoms with Crippen LogP contribution in [0.5, 0.6) is 0 Å². The van der Waals surface area contributed by atoms with E-state index in [1.165, 1.54) is 31.5 Å². The summed E-state index contributed by atoms with van der Waals surface area (Å²) in [4.78, 5) is 19.5. The Morgan fingerprint density at radius 2 is 0.875 bits per heavy atom. The lowest BCUT2D eigenvalue weighted by atomic mass is 9.13. The van der Waals surface area contributed by atoms with Crippen molar-refractivity contribution in [2.75, 3.05) is 33.1 Å². The first-order valence-electron chi connectivity index (χ1n) is 13.4. The molecule has 5 aromatic rings. The highest BCUT2D eigenvalue weighted by atomic mass is 16.7. The Kier molecular flexibility index (Phi) is 9.37. The molecule has 0 radical (unpaired) electrons. The molecule has 202 valence electrons. The Labute approximate surface area is 237 Å². The van der Waals surface area contributed by atoms with Crippen LogP contribution < -0.4 is 36.3 Å². The molecule has 4 aromatic carbocycles. The van der Waals surface area contributed by atoms with Crippen LogP contribution in [0.4, 0.5) is 10.5 Å². The number of pyridine rings is 1. The quantitative estimate of drug-likeness (QED) is 0.251. The van der Waals surface area contributed by atoms with Crippen molar-refractivity contribution in [2.45, 2.75) is 0 Å². The molecule has 0 fully saturated rings. The fraction of sp³-hybridized carbons (Fsp3) is 0.118. The summed E-state index contributed by atoms with van der Waals surface area (Å²) in [5, 5.41) is 0. The van der Waals surface area contributed by atoms with Crippen molar-refractivity contribution in [3.05, 3.63) is 146 Å². The fourth-order valence-corrected chi connectivity index (χ4v) is 5.06. The van der Waals surface area contributed by atoms with E-state index in [1.54, 1.807) is 26.5 Å². The van der Waals surface area contributed by atoms with Crippen LogP contribution in [-0.2, 0) is 0 Å². The Balaban J connectivity index is 0.000000212. The summed E-state index contributed by atoms with van der Waals surface area (Å²) in [5.74, 6) is 0. The van der Waals surface area contributed by atoms with Gasteiger partial charge in [-0.2, -0.15) is 26.7 Å². The summed E-state index contributed by atoms with van der Waals surface area (Å²) in [7, 11) is 7.17. The summed E-state index contributed by atoms with van der Waals surface area (Å²) in [6.07, 6.45) is 1.76. The largest absolute Gasteiger partial charge is 0.477 e. The molecule has 0 N–H and O–H groups in total. The molecule has 1 heterocycles. The third-order valence-electron chi connectivity index (χ3n) is 7.05. The molecule has 5 nitrogen and oxygen atoms in total. The van der Waals surface area contributed by atoms with Crippen molar-refractivity contribution >= 4 is 39.8 Å². The molecule has 0 bridgehead atoms. The van der Waals surface area contributed by atoms with Gasteiger partial charge in [0.15, 0.2) is 0 Å². The molecule has 0 spiro atoms. The van der Waals surface area contributed by atoms with E-state index in [2.05, 4.69) is 121 Å². The molecule has 0 aliphatic heterocycles. The van der Waals surface area contributed by atoms with Crippen molar-refractivity contribution in [1.82, 2.24) is 4.90 Å². The zero-order valence-electron chi connectivity index (χ0n) is 23.6. The van der Waals surface area contributed by atoms with E-state index in [9.17, 15) is 4.79 Å². The molecule has 0 aliphatic rings. The Morgan fingerprint density at radius 1 is 0.550 bits per heavy atom. The van der Waals surface area contributed by atoms with E-state index >= 15 is 0 Å². The molecule has 0 aliphatic carbocycles. The maximum absolute atomic E-state index is 11.2. The van der Waals surface area contributed by atoms with Gasteiger partial charge in [-0.3, -0.25) is 0 Å². The first-order valence-corrected chi connectivity index (χ1v) is 13.4. The number of aromatic nitrogens is 1. The molecule has 6 heteroatoms. The maximum atomic E-state index is 11.2. The highest BCUT2D eigenvalue weighted by Crippen LogP contribution is 2.09. The molecule has 0 atom stereocenters. The summed E-state index contributed by atoms with van der Waals surface area (Å²) in [5.41, 5.74) is 6.40. The number of nitrogens with zero attached hydrogens (tertiary/aromatic N) is 3. The third-order valence-corrected chi connectivity index (χ3v) is 7.05. The summed E-state index contributed by atoms with van der Waals surface area (Å²) in [6.45, 7) is 0. The first-order chi connectivity index (χ1) is 19.4. The van der Waals surface area contributed by atoms with E-state index < -0.39 is 12.2 Å². The van der Waals surface area contributed by atoms with Gasteiger partial charge < -0.3 is 9.80 Å². The van der Waals surface area contributed by atoms with Crippen molar-refractivity contribution < 1.29 is 14.4 Å². The summed E-state index contributed by atoms with van der Waals surface area (Å²) < 4.78 is 1.37. The molecule has 0 saturated heterocycles. The summed E-state index contributed by atoms with van der Waals surface area (Å²) >= 11 is 0. The van der Waals surface area contributed by atoms with Gasteiger partial charge in [0.1, 0.15) is 6.15 Å². The smallest absolute Gasteiger partial charge is 0.377 e. The van der Waals surface area contributed by atoms with Crippen molar-refractivity contribution in [3.63, 3.8) is 0 Å². The fourth-order valence-electron chi connectivity index (χ4n) is 5.06. The van der Waals surface area contributed by atoms with E-state index in [0.717, 1.165) is 5.69 Å². The molecule has 0 unspecified atom stereocenters. The Hall–Kier alpha value is -4.84. The van der Waals surface area contributed by atoms with Gasteiger partial charge >= 0.3 is 6.09 Å². The molecule has 5 rings (SSSR count). The SMILES string of the molecule is CN(C)C(=O)O[n+]1ccc(N(C)C)cc1.c1ccc([B-](c2ccccc2)(c2ccccc2)c2ccccc2)cc1. The minimum atomic E-state index is -1.22. The average molecular weight is 529 g/mol. The zero-order chi connectivity index (χ0) is 28.4. The van der Waals surface area contributed by atoms with Gasteiger partial charge in [-0.25, -0.2) is 4.79 Å². The topological polar surface area (TPSA) is 36.7 Å². The van der Waals surface area contributed by atoms with Gasteiger partial charge in [-0.1, -0.05) is 121 Å². The van der Waals surface area contributed by atoms with Crippen molar-refractivity contribution in [1.29, 1.82) is 0 Å². The predicted octanol–water partition coefficient (Wildman–Crippen LogP) is 3.21. The second-order valence-electron chi connectivity index (χ2n) is 10.1. The normalized spacial score (nSPS) is 10.6. The average Bonchev–Trinajstić information content (AvgIpc) is 3.00. The number of hydrogen-bond donors (Lipinski definition) is 0. The van der Waals surface area contributed by atoms with E-state index in [0.29, 0.717) is 0 Å². The van der Waals surface area contributed by atoms with Crippen LogP contribution in [0.2, 0.25) is 0 Å². The van der Waals surface area contributed by atoms with Crippen LogP contribution in [0, 0.1) is 0 Å². The van der Waals surface area contributed by atoms with Gasteiger partial charge in [0.25, 0.3) is 0 Å². The number of amides is 1.